The molecule has 0 saturated carbocycles. The molecule has 15 nitrogen and oxygen atoms in total. The molecule has 0 aromatic heterocycles. The Morgan fingerprint density at radius 1 is 0.964 bits per heavy atom. The minimum absolute atomic E-state index is 0.0521. The number of rotatable bonds is 23. The van der Waals surface area contributed by atoms with E-state index >= 15 is 0 Å². The SMILES string of the molecule is COCCCOc1cc(C[C@@H](C[C@H]2[C@H](C[C@H](C(=O)NCC(C)(C)C(N)=O)C(C)C)OCN2C(=O)OCOC(=O)C(C)CN2CCOCC2)C(C)C)ccc1OC. The number of carbonyl (C=O) groups excluding carboxylic acids is 4. The largest absolute Gasteiger partial charge is 0.493 e. The summed E-state index contributed by atoms with van der Waals surface area (Å²) in [5.74, 6) is -0.568. The standard InChI is InChI=1S/C41H68N4O11/c1-27(2)31(19-30-11-12-34(51-9)36(20-30)53-16-10-15-50-8)21-33-35(22-32(28(3)4)37(46)43-24-41(6,7)39(42)48)54-25-45(33)40(49)56-26-55-38(47)29(5)23-44-13-17-52-18-14-44/h11-12,20,27-29,31-33,35H,10,13-19,21-26H2,1-9H3,(H2,42,48)(H,43,46)/t29?,31-,32-,33-,35-/m0/s1. The van der Waals surface area contributed by atoms with E-state index in [-0.39, 0.29) is 36.9 Å². The second-order valence-electron chi connectivity index (χ2n) is 16.4. The maximum Gasteiger partial charge on any atom is 0.414 e. The molecule has 3 amide bonds. The van der Waals surface area contributed by atoms with Gasteiger partial charge in [0.05, 0.1) is 50.4 Å². The number of morpholine rings is 1. The summed E-state index contributed by atoms with van der Waals surface area (Å²) in [7, 11) is 3.27. The van der Waals surface area contributed by atoms with Gasteiger partial charge in [-0.15, -0.1) is 0 Å². The summed E-state index contributed by atoms with van der Waals surface area (Å²) in [6.45, 7) is 17.2. The summed E-state index contributed by atoms with van der Waals surface area (Å²) < 4.78 is 39.4. The molecule has 0 radical (unpaired) electrons. The van der Waals surface area contributed by atoms with E-state index in [0.717, 1.165) is 25.1 Å². The third-order valence-corrected chi connectivity index (χ3v) is 10.9. The van der Waals surface area contributed by atoms with Crippen molar-refractivity contribution in [3.05, 3.63) is 23.8 Å². The lowest BCUT2D eigenvalue weighted by Gasteiger charge is -2.33. The topological polar surface area (TPSA) is 177 Å². The molecule has 3 N–H and O–H groups in total. The number of hydrogen-bond donors (Lipinski definition) is 2. The Labute approximate surface area is 333 Å². The first kappa shape index (κ1) is 46.7. The van der Waals surface area contributed by atoms with E-state index in [9.17, 15) is 19.2 Å². The fraction of sp³-hybridized carbons (Fsp3) is 0.756. The molecule has 15 heteroatoms. The summed E-state index contributed by atoms with van der Waals surface area (Å²) in [4.78, 5) is 55.7. The van der Waals surface area contributed by atoms with Gasteiger partial charge in [0.1, 0.15) is 6.73 Å². The number of esters is 1. The zero-order valence-corrected chi connectivity index (χ0v) is 35.1. The Kier molecular flexibility index (Phi) is 19.1. The van der Waals surface area contributed by atoms with Gasteiger partial charge in [0.25, 0.3) is 0 Å². The van der Waals surface area contributed by atoms with Crippen molar-refractivity contribution >= 4 is 23.9 Å². The fourth-order valence-corrected chi connectivity index (χ4v) is 6.89. The number of nitrogens with zero attached hydrogens (tertiary/aromatic N) is 2. The zero-order chi connectivity index (χ0) is 41.4. The third-order valence-electron chi connectivity index (χ3n) is 10.9. The van der Waals surface area contributed by atoms with Gasteiger partial charge >= 0.3 is 12.1 Å². The van der Waals surface area contributed by atoms with Crippen LogP contribution in [0.15, 0.2) is 18.2 Å². The molecule has 5 atom stereocenters. The highest BCUT2D eigenvalue weighted by Gasteiger charge is 2.43. The average molecular weight is 793 g/mol. The summed E-state index contributed by atoms with van der Waals surface area (Å²) in [5, 5.41) is 2.92. The van der Waals surface area contributed by atoms with Gasteiger partial charge in [-0.1, -0.05) is 40.7 Å². The van der Waals surface area contributed by atoms with Crippen LogP contribution in [0.2, 0.25) is 0 Å². The highest BCUT2D eigenvalue weighted by Crippen LogP contribution is 2.36. The first-order valence-corrected chi connectivity index (χ1v) is 20.0. The number of benzene rings is 1. The van der Waals surface area contributed by atoms with Crippen LogP contribution in [0, 0.1) is 35.0 Å². The van der Waals surface area contributed by atoms with Crippen LogP contribution in [0.1, 0.15) is 73.3 Å². The Morgan fingerprint density at radius 3 is 2.30 bits per heavy atom. The van der Waals surface area contributed by atoms with Crippen LogP contribution in [0.5, 0.6) is 11.5 Å². The molecule has 3 rings (SSSR count). The van der Waals surface area contributed by atoms with Gasteiger partial charge in [-0.3, -0.25) is 24.2 Å². The molecule has 0 aliphatic carbocycles. The highest BCUT2D eigenvalue weighted by atomic mass is 16.7. The summed E-state index contributed by atoms with van der Waals surface area (Å²) in [6.07, 6.45) is 1.12. The van der Waals surface area contributed by atoms with Gasteiger partial charge in [0.15, 0.2) is 11.5 Å². The Morgan fingerprint density at radius 2 is 1.68 bits per heavy atom. The molecule has 1 aromatic carbocycles. The van der Waals surface area contributed by atoms with E-state index in [2.05, 4.69) is 24.1 Å². The molecule has 318 valence electrons. The van der Waals surface area contributed by atoms with Crippen LogP contribution >= 0.6 is 0 Å². The van der Waals surface area contributed by atoms with E-state index < -0.39 is 54.2 Å². The quantitative estimate of drug-likeness (QED) is 0.0918. The van der Waals surface area contributed by atoms with Gasteiger partial charge in [-0.05, 0) is 68.6 Å². The molecular formula is C41H68N4O11. The molecule has 0 spiro atoms. The second kappa shape index (κ2) is 22.9. The molecule has 2 aliphatic heterocycles. The van der Waals surface area contributed by atoms with Crippen molar-refractivity contribution in [2.75, 3.05) is 80.3 Å². The molecule has 56 heavy (non-hydrogen) atoms. The van der Waals surface area contributed by atoms with E-state index in [4.69, 9.17) is 38.9 Å². The van der Waals surface area contributed by atoms with Crippen molar-refractivity contribution in [2.45, 2.75) is 86.3 Å². The van der Waals surface area contributed by atoms with Crippen molar-refractivity contribution in [1.29, 1.82) is 0 Å². The summed E-state index contributed by atoms with van der Waals surface area (Å²) in [6, 6.07) is 5.46. The number of methoxy groups -OCH3 is 2. The molecule has 2 fully saturated rings. The number of ether oxygens (including phenoxy) is 7. The number of hydrogen-bond acceptors (Lipinski definition) is 12. The fourth-order valence-electron chi connectivity index (χ4n) is 6.89. The lowest BCUT2D eigenvalue weighted by Crippen LogP contribution is -2.47. The van der Waals surface area contributed by atoms with Crippen molar-refractivity contribution in [3.8, 4) is 11.5 Å². The number of nitrogens with two attached hydrogens (primary N) is 1. The van der Waals surface area contributed by atoms with Gasteiger partial charge < -0.3 is 44.2 Å². The molecule has 1 unspecified atom stereocenters. The van der Waals surface area contributed by atoms with E-state index in [1.54, 1.807) is 35.0 Å². The minimum Gasteiger partial charge on any atom is -0.493 e. The molecule has 1 aromatic rings. The first-order chi connectivity index (χ1) is 26.6. The average Bonchev–Trinajstić information content (AvgIpc) is 3.56. The van der Waals surface area contributed by atoms with E-state index in [0.29, 0.717) is 63.7 Å². The molecular weight excluding hydrogens is 724 g/mol. The van der Waals surface area contributed by atoms with Crippen molar-refractivity contribution < 1.29 is 52.3 Å². The molecule has 2 heterocycles. The van der Waals surface area contributed by atoms with Crippen LogP contribution in [-0.4, -0.2) is 126 Å². The Bertz CT molecular complexity index is 1400. The van der Waals surface area contributed by atoms with Gasteiger partial charge in [-0.2, -0.15) is 0 Å². The Hall–Kier alpha value is -3.66. The van der Waals surface area contributed by atoms with Crippen LogP contribution in [0.25, 0.3) is 0 Å². The monoisotopic (exact) mass is 792 g/mol. The normalized spacial score (nSPS) is 19.4. The lowest BCUT2D eigenvalue weighted by molar-refractivity contribution is -0.158. The smallest absolute Gasteiger partial charge is 0.414 e. The molecule has 0 bridgehead atoms. The maximum atomic E-state index is 13.7. The highest BCUT2D eigenvalue weighted by molar-refractivity contribution is 5.83. The lowest BCUT2D eigenvalue weighted by atomic mass is 9.80. The predicted octanol–water partition coefficient (Wildman–Crippen LogP) is 4.24. The Balaban J connectivity index is 1.80. The minimum atomic E-state index is -0.922. The first-order valence-electron chi connectivity index (χ1n) is 20.0. The van der Waals surface area contributed by atoms with Crippen LogP contribution in [-0.2, 0) is 44.5 Å². The van der Waals surface area contributed by atoms with Gasteiger partial charge in [-0.25, -0.2) is 4.79 Å². The maximum absolute atomic E-state index is 13.7. The van der Waals surface area contributed by atoms with Crippen molar-refractivity contribution in [1.82, 2.24) is 15.1 Å². The summed E-state index contributed by atoms with van der Waals surface area (Å²) in [5.41, 5.74) is 5.68. The second-order valence-corrected chi connectivity index (χ2v) is 16.4. The number of primary amides is 1. The van der Waals surface area contributed by atoms with Crippen LogP contribution in [0.4, 0.5) is 4.79 Å². The van der Waals surface area contributed by atoms with Gasteiger partial charge in [0, 0.05) is 52.2 Å². The van der Waals surface area contributed by atoms with E-state index in [1.165, 1.54) is 4.90 Å². The van der Waals surface area contributed by atoms with Crippen molar-refractivity contribution in [3.63, 3.8) is 0 Å². The number of amides is 3. The predicted molar refractivity (Wildman–Crippen MR) is 210 cm³/mol. The summed E-state index contributed by atoms with van der Waals surface area (Å²) >= 11 is 0. The number of nitrogens with one attached hydrogen (secondary N) is 1. The number of carbonyl (C=O) groups is 4. The van der Waals surface area contributed by atoms with Crippen LogP contribution in [0.3, 0.4) is 0 Å². The molecule has 2 saturated heterocycles. The third kappa shape index (κ3) is 14.4. The van der Waals surface area contributed by atoms with E-state index in [1.807, 2.05) is 32.0 Å². The van der Waals surface area contributed by atoms with Gasteiger partial charge in [0.2, 0.25) is 18.6 Å². The van der Waals surface area contributed by atoms with Crippen LogP contribution < -0.4 is 20.5 Å². The van der Waals surface area contributed by atoms with Crippen molar-refractivity contribution in [2.24, 2.45) is 40.7 Å². The molecule has 2 aliphatic rings. The zero-order valence-electron chi connectivity index (χ0n) is 35.1.